The summed E-state index contributed by atoms with van der Waals surface area (Å²) in [7, 11) is 0. The standard InChI is InChI=1S/C38H42N2/c1-23(2)27-19-13-20-28(24(3)4)35(27)39-37-33-17-11-9-15-31(33)32-16-10-12-18-34(32)38(37)40-36-29(25(5)6)21-14-22-30(36)26(7)8/h9-26H,1-8H3. The number of para-hydroxylation sites is 2. The maximum atomic E-state index is 5.61. The number of fused-ring (bicyclic) bond motifs is 3. The lowest BCUT2D eigenvalue weighted by Gasteiger charge is -2.26. The summed E-state index contributed by atoms with van der Waals surface area (Å²) in [4.78, 5) is 11.2. The highest BCUT2D eigenvalue weighted by Gasteiger charge is 2.29. The van der Waals surface area contributed by atoms with Crippen molar-refractivity contribution in [1.82, 2.24) is 0 Å². The van der Waals surface area contributed by atoms with Gasteiger partial charge in [0, 0.05) is 11.1 Å². The molecule has 1 aliphatic rings. The van der Waals surface area contributed by atoms with E-state index >= 15 is 0 Å². The molecule has 0 saturated heterocycles. The summed E-state index contributed by atoms with van der Waals surface area (Å²) in [5.74, 6) is 1.44. The van der Waals surface area contributed by atoms with Gasteiger partial charge in [-0.3, -0.25) is 0 Å². The van der Waals surface area contributed by atoms with Gasteiger partial charge in [-0.15, -0.1) is 0 Å². The van der Waals surface area contributed by atoms with Gasteiger partial charge in [0.2, 0.25) is 0 Å². The van der Waals surface area contributed by atoms with Crippen LogP contribution in [0.2, 0.25) is 0 Å². The van der Waals surface area contributed by atoms with Crippen LogP contribution in [0.25, 0.3) is 11.1 Å². The molecule has 0 N–H and O–H groups in total. The number of benzene rings is 4. The molecule has 2 nitrogen and oxygen atoms in total. The van der Waals surface area contributed by atoms with Crippen molar-refractivity contribution >= 4 is 22.8 Å². The third-order valence-corrected chi connectivity index (χ3v) is 8.01. The molecular formula is C38H42N2. The van der Waals surface area contributed by atoms with E-state index in [4.69, 9.17) is 9.98 Å². The van der Waals surface area contributed by atoms with Crippen molar-refractivity contribution in [2.45, 2.75) is 79.1 Å². The van der Waals surface area contributed by atoms with E-state index in [0.29, 0.717) is 23.7 Å². The Hall–Kier alpha value is -3.78. The van der Waals surface area contributed by atoms with Crippen molar-refractivity contribution in [3.8, 4) is 11.1 Å². The van der Waals surface area contributed by atoms with Gasteiger partial charge in [-0.2, -0.15) is 0 Å². The highest BCUT2D eigenvalue weighted by molar-refractivity contribution is 6.57. The van der Waals surface area contributed by atoms with E-state index in [-0.39, 0.29) is 0 Å². The predicted octanol–water partition coefficient (Wildman–Crippen LogP) is 11.1. The van der Waals surface area contributed by atoms with Crippen molar-refractivity contribution in [2.24, 2.45) is 9.98 Å². The largest absolute Gasteiger partial charge is 0.245 e. The second kappa shape index (κ2) is 11.4. The molecule has 0 aliphatic heterocycles. The Morgan fingerprint density at radius 3 is 0.900 bits per heavy atom. The number of aliphatic imine (C=N–C) groups is 2. The zero-order valence-corrected chi connectivity index (χ0v) is 25.3. The average molecular weight is 527 g/mol. The van der Waals surface area contributed by atoms with Gasteiger partial charge in [0.15, 0.2) is 0 Å². The fraction of sp³-hybridized carbons (Fsp3) is 0.316. The van der Waals surface area contributed by atoms with Crippen LogP contribution < -0.4 is 0 Å². The van der Waals surface area contributed by atoms with Crippen LogP contribution in [0.15, 0.2) is 94.9 Å². The monoisotopic (exact) mass is 526 g/mol. The minimum atomic E-state index is 0.360. The van der Waals surface area contributed by atoms with Crippen molar-refractivity contribution in [2.75, 3.05) is 0 Å². The number of nitrogens with zero attached hydrogens (tertiary/aromatic N) is 2. The molecule has 0 atom stereocenters. The summed E-state index contributed by atoms with van der Waals surface area (Å²) in [6, 6.07) is 30.7. The summed E-state index contributed by atoms with van der Waals surface area (Å²) in [6.07, 6.45) is 0. The number of rotatable bonds is 6. The first kappa shape index (κ1) is 27.8. The zero-order chi connectivity index (χ0) is 28.6. The Labute approximate surface area is 240 Å². The van der Waals surface area contributed by atoms with Gasteiger partial charge in [0.25, 0.3) is 0 Å². The third kappa shape index (κ3) is 5.08. The molecule has 40 heavy (non-hydrogen) atoms. The van der Waals surface area contributed by atoms with Crippen LogP contribution in [-0.4, -0.2) is 11.4 Å². The number of hydrogen-bond donors (Lipinski definition) is 0. The van der Waals surface area contributed by atoms with Crippen LogP contribution in [-0.2, 0) is 0 Å². The van der Waals surface area contributed by atoms with Crippen molar-refractivity contribution in [3.05, 3.63) is 118 Å². The normalized spacial score (nSPS) is 15.0. The van der Waals surface area contributed by atoms with Gasteiger partial charge in [0.05, 0.1) is 22.8 Å². The first-order valence-electron chi connectivity index (χ1n) is 14.8. The van der Waals surface area contributed by atoms with E-state index in [1.807, 2.05) is 0 Å². The average Bonchev–Trinajstić information content (AvgIpc) is 2.94. The molecule has 4 aromatic carbocycles. The van der Waals surface area contributed by atoms with Crippen molar-refractivity contribution in [1.29, 1.82) is 0 Å². The molecule has 2 heteroatoms. The third-order valence-electron chi connectivity index (χ3n) is 8.01. The van der Waals surface area contributed by atoms with Crippen LogP contribution in [0.1, 0.15) is 112 Å². The van der Waals surface area contributed by atoms with Crippen molar-refractivity contribution in [3.63, 3.8) is 0 Å². The molecule has 0 aromatic heterocycles. The smallest absolute Gasteiger partial charge is 0.0978 e. The molecule has 0 saturated carbocycles. The van der Waals surface area contributed by atoms with E-state index in [1.54, 1.807) is 0 Å². The van der Waals surface area contributed by atoms with Gasteiger partial charge in [-0.1, -0.05) is 140 Å². The molecule has 0 spiro atoms. The van der Waals surface area contributed by atoms with Gasteiger partial charge < -0.3 is 0 Å². The topological polar surface area (TPSA) is 24.7 Å². The molecule has 0 heterocycles. The second-order valence-corrected chi connectivity index (χ2v) is 12.2. The fourth-order valence-electron chi connectivity index (χ4n) is 5.84. The Kier molecular flexibility index (Phi) is 7.90. The fourth-order valence-corrected chi connectivity index (χ4v) is 5.84. The SMILES string of the molecule is CC(C)c1cccc(C(C)C)c1N=C1C(=Nc2c(C(C)C)cccc2C(C)C)c2ccccc2-c2ccccc21. The maximum Gasteiger partial charge on any atom is 0.0978 e. The summed E-state index contributed by atoms with van der Waals surface area (Å²) >= 11 is 0. The van der Waals surface area contributed by atoms with Gasteiger partial charge in [-0.05, 0) is 57.1 Å². The second-order valence-electron chi connectivity index (χ2n) is 12.2. The highest BCUT2D eigenvalue weighted by Crippen LogP contribution is 2.41. The van der Waals surface area contributed by atoms with E-state index in [1.165, 1.54) is 33.4 Å². The first-order valence-corrected chi connectivity index (χ1v) is 14.8. The minimum Gasteiger partial charge on any atom is -0.245 e. The molecule has 0 unspecified atom stereocenters. The summed E-state index contributed by atoms with van der Waals surface area (Å²) in [6.45, 7) is 18.1. The Balaban J connectivity index is 1.92. The summed E-state index contributed by atoms with van der Waals surface area (Å²) in [5.41, 5.74) is 13.9. The molecule has 5 rings (SSSR count). The van der Waals surface area contributed by atoms with Crippen molar-refractivity contribution < 1.29 is 0 Å². The zero-order valence-electron chi connectivity index (χ0n) is 25.3. The van der Waals surface area contributed by atoms with Gasteiger partial charge in [0.1, 0.15) is 0 Å². The van der Waals surface area contributed by atoms with E-state index < -0.39 is 0 Å². The summed E-state index contributed by atoms with van der Waals surface area (Å²) < 4.78 is 0. The van der Waals surface area contributed by atoms with Crippen LogP contribution in [0.4, 0.5) is 11.4 Å². The molecule has 0 radical (unpaired) electrons. The Morgan fingerprint density at radius 1 is 0.350 bits per heavy atom. The van der Waals surface area contributed by atoms with E-state index in [9.17, 15) is 0 Å². The van der Waals surface area contributed by atoms with Gasteiger partial charge >= 0.3 is 0 Å². The van der Waals surface area contributed by atoms with E-state index in [0.717, 1.165) is 33.9 Å². The highest BCUT2D eigenvalue weighted by atomic mass is 14.8. The quantitative estimate of drug-likeness (QED) is 0.239. The molecule has 0 bridgehead atoms. The lowest BCUT2D eigenvalue weighted by atomic mass is 9.82. The first-order chi connectivity index (χ1) is 19.2. The Morgan fingerprint density at radius 2 is 0.625 bits per heavy atom. The maximum absolute atomic E-state index is 5.61. The lowest BCUT2D eigenvalue weighted by molar-refractivity contribution is 0.834. The van der Waals surface area contributed by atoms with Crippen LogP contribution >= 0.6 is 0 Å². The molecule has 0 amide bonds. The van der Waals surface area contributed by atoms with Crippen LogP contribution in [0.5, 0.6) is 0 Å². The lowest BCUT2D eigenvalue weighted by Crippen LogP contribution is -2.23. The molecular weight excluding hydrogens is 484 g/mol. The number of hydrogen-bond acceptors (Lipinski definition) is 2. The minimum absolute atomic E-state index is 0.360. The molecule has 204 valence electrons. The molecule has 1 aliphatic carbocycles. The van der Waals surface area contributed by atoms with E-state index in [2.05, 4.69) is 140 Å². The molecule has 0 fully saturated rings. The van der Waals surface area contributed by atoms with Crippen LogP contribution in [0.3, 0.4) is 0 Å². The summed E-state index contributed by atoms with van der Waals surface area (Å²) in [5, 5.41) is 0. The Bertz CT molecular complexity index is 1420. The van der Waals surface area contributed by atoms with Gasteiger partial charge in [-0.25, -0.2) is 9.98 Å². The van der Waals surface area contributed by atoms with Crippen LogP contribution in [0, 0.1) is 0 Å². The molecule has 4 aromatic rings. The predicted molar refractivity (Wildman–Crippen MR) is 174 cm³/mol.